The van der Waals surface area contributed by atoms with E-state index in [9.17, 15) is 4.79 Å². The first-order valence-corrected chi connectivity index (χ1v) is 7.39. The molecule has 0 bridgehead atoms. The van der Waals surface area contributed by atoms with Crippen molar-refractivity contribution in [3.8, 4) is 10.4 Å². The van der Waals surface area contributed by atoms with E-state index in [2.05, 4.69) is 0 Å². The van der Waals surface area contributed by atoms with Crippen LogP contribution in [-0.4, -0.2) is 12.1 Å². The van der Waals surface area contributed by atoms with Gasteiger partial charge in [0.1, 0.15) is 10.6 Å². The van der Waals surface area contributed by atoms with E-state index >= 15 is 0 Å². The average Bonchev–Trinajstić information content (AvgIpc) is 2.83. The normalized spacial score (nSPS) is 10.9. The van der Waals surface area contributed by atoms with Gasteiger partial charge in [0.25, 0.3) is 0 Å². The van der Waals surface area contributed by atoms with Gasteiger partial charge in [-0.15, -0.1) is 22.7 Å². The van der Waals surface area contributed by atoms with Gasteiger partial charge in [-0.1, -0.05) is 0 Å². The van der Waals surface area contributed by atoms with Crippen LogP contribution in [0.5, 0.6) is 0 Å². The number of thiophene rings is 2. The van der Waals surface area contributed by atoms with Gasteiger partial charge in [0, 0.05) is 15.8 Å². The molecule has 0 saturated heterocycles. The van der Waals surface area contributed by atoms with Crippen LogP contribution in [0.15, 0.2) is 16.8 Å². The molecule has 2 aromatic heterocycles. The fraction of sp³-hybridized carbons (Fsp3) is 0.308. The lowest BCUT2D eigenvalue weighted by Gasteiger charge is -2.09. The highest BCUT2D eigenvalue weighted by atomic mass is 32.1. The van der Waals surface area contributed by atoms with Crippen molar-refractivity contribution in [2.45, 2.75) is 26.9 Å². The number of carbonyl (C=O) groups is 1. The zero-order valence-electron chi connectivity index (χ0n) is 10.5. The SMILES string of the molecule is Cc1ccsc1-c1csc(N)c1C(=O)OC(C)C. The van der Waals surface area contributed by atoms with E-state index in [0.717, 1.165) is 16.0 Å². The van der Waals surface area contributed by atoms with Crippen molar-refractivity contribution >= 4 is 33.6 Å². The second kappa shape index (κ2) is 5.12. The molecule has 2 heterocycles. The molecule has 0 aromatic carbocycles. The average molecular weight is 281 g/mol. The number of aryl methyl sites for hydroxylation is 1. The maximum atomic E-state index is 12.1. The molecule has 3 nitrogen and oxygen atoms in total. The van der Waals surface area contributed by atoms with Gasteiger partial charge in [-0.25, -0.2) is 4.79 Å². The predicted octanol–water partition coefficient (Wildman–Crippen LogP) is 3.93. The Kier molecular flexibility index (Phi) is 3.73. The van der Waals surface area contributed by atoms with Gasteiger partial charge in [-0.05, 0) is 37.8 Å². The highest BCUT2D eigenvalue weighted by Crippen LogP contribution is 2.38. The summed E-state index contributed by atoms with van der Waals surface area (Å²) in [7, 11) is 0. The summed E-state index contributed by atoms with van der Waals surface area (Å²) in [4.78, 5) is 13.2. The van der Waals surface area contributed by atoms with Crippen molar-refractivity contribution in [1.29, 1.82) is 0 Å². The second-order valence-electron chi connectivity index (χ2n) is 4.28. The van der Waals surface area contributed by atoms with Crippen LogP contribution in [0.25, 0.3) is 10.4 Å². The Morgan fingerprint density at radius 2 is 2.11 bits per heavy atom. The zero-order valence-corrected chi connectivity index (χ0v) is 12.2. The molecule has 0 aliphatic heterocycles. The van der Waals surface area contributed by atoms with Gasteiger partial charge in [-0.2, -0.15) is 0 Å². The minimum absolute atomic E-state index is 0.144. The topological polar surface area (TPSA) is 52.3 Å². The summed E-state index contributed by atoms with van der Waals surface area (Å²) in [5.41, 5.74) is 8.43. The Labute approximate surface area is 114 Å². The monoisotopic (exact) mass is 281 g/mol. The number of hydrogen-bond acceptors (Lipinski definition) is 5. The van der Waals surface area contributed by atoms with Crippen LogP contribution in [0, 0.1) is 6.92 Å². The summed E-state index contributed by atoms with van der Waals surface area (Å²) in [5, 5.41) is 4.45. The first-order chi connectivity index (χ1) is 8.50. The van der Waals surface area contributed by atoms with Gasteiger partial charge in [-0.3, -0.25) is 0 Å². The summed E-state index contributed by atoms with van der Waals surface area (Å²) in [5.74, 6) is -0.341. The molecular formula is C13H15NO2S2. The van der Waals surface area contributed by atoms with Gasteiger partial charge >= 0.3 is 5.97 Å². The number of rotatable bonds is 3. The van der Waals surface area contributed by atoms with Crippen molar-refractivity contribution in [2.75, 3.05) is 5.73 Å². The third-order valence-electron chi connectivity index (χ3n) is 2.47. The highest BCUT2D eigenvalue weighted by molar-refractivity contribution is 7.16. The smallest absolute Gasteiger partial charge is 0.342 e. The molecule has 0 unspecified atom stereocenters. The fourth-order valence-corrected chi connectivity index (χ4v) is 3.49. The molecule has 0 amide bonds. The maximum Gasteiger partial charge on any atom is 0.342 e. The number of nitrogens with two attached hydrogens (primary N) is 1. The van der Waals surface area contributed by atoms with Crippen molar-refractivity contribution < 1.29 is 9.53 Å². The third kappa shape index (κ3) is 2.42. The standard InChI is InChI=1S/C13H15NO2S2/c1-7(2)16-13(15)10-9(6-18-12(10)14)11-8(3)4-5-17-11/h4-7H,14H2,1-3H3. The van der Waals surface area contributed by atoms with Gasteiger partial charge < -0.3 is 10.5 Å². The van der Waals surface area contributed by atoms with Gasteiger partial charge in [0.15, 0.2) is 0 Å². The Balaban J connectivity index is 2.45. The molecule has 0 spiro atoms. The van der Waals surface area contributed by atoms with Crippen molar-refractivity contribution in [2.24, 2.45) is 0 Å². The van der Waals surface area contributed by atoms with E-state index < -0.39 is 0 Å². The lowest BCUT2D eigenvalue weighted by atomic mass is 10.1. The number of carbonyl (C=O) groups excluding carboxylic acids is 1. The molecule has 0 aliphatic carbocycles. The Bertz CT molecular complexity index is 569. The van der Waals surface area contributed by atoms with Crippen LogP contribution in [0.1, 0.15) is 29.8 Å². The predicted molar refractivity (Wildman–Crippen MR) is 77.3 cm³/mol. The summed E-state index contributed by atoms with van der Waals surface area (Å²) in [6.07, 6.45) is -0.144. The second-order valence-corrected chi connectivity index (χ2v) is 6.10. The molecule has 0 aliphatic rings. The van der Waals surface area contributed by atoms with Crippen molar-refractivity contribution in [1.82, 2.24) is 0 Å². The summed E-state index contributed by atoms with van der Waals surface area (Å²) in [6, 6.07) is 2.03. The summed E-state index contributed by atoms with van der Waals surface area (Å²) >= 11 is 2.99. The molecule has 0 fully saturated rings. The minimum Gasteiger partial charge on any atom is -0.459 e. The van der Waals surface area contributed by atoms with Crippen molar-refractivity contribution in [3.63, 3.8) is 0 Å². The number of anilines is 1. The van der Waals surface area contributed by atoms with Gasteiger partial charge in [0.2, 0.25) is 0 Å². The molecule has 96 valence electrons. The van der Waals surface area contributed by atoms with E-state index in [4.69, 9.17) is 10.5 Å². The molecule has 5 heteroatoms. The molecule has 0 radical (unpaired) electrons. The first kappa shape index (κ1) is 13.1. The van der Waals surface area contributed by atoms with E-state index in [1.807, 2.05) is 37.6 Å². The fourth-order valence-electron chi connectivity index (χ4n) is 1.67. The summed E-state index contributed by atoms with van der Waals surface area (Å²) < 4.78 is 5.25. The van der Waals surface area contributed by atoms with E-state index in [-0.39, 0.29) is 12.1 Å². The third-order valence-corrected chi connectivity index (χ3v) is 4.33. The number of hydrogen-bond donors (Lipinski definition) is 1. The van der Waals surface area contributed by atoms with Crippen LogP contribution in [0.3, 0.4) is 0 Å². The summed E-state index contributed by atoms with van der Waals surface area (Å²) in [6.45, 7) is 5.68. The highest BCUT2D eigenvalue weighted by Gasteiger charge is 2.22. The Morgan fingerprint density at radius 3 is 2.67 bits per heavy atom. The number of ether oxygens (including phenoxy) is 1. The van der Waals surface area contributed by atoms with Crippen LogP contribution in [0.2, 0.25) is 0 Å². The van der Waals surface area contributed by atoms with Gasteiger partial charge in [0.05, 0.1) is 6.10 Å². The Hall–Kier alpha value is -1.33. The molecule has 2 aromatic rings. The Morgan fingerprint density at radius 1 is 1.39 bits per heavy atom. The van der Waals surface area contributed by atoms with Crippen LogP contribution < -0.4 is 5.73 Å². The quantitative estimate of drug-likeness (QED) is 0.867. The van der Waals surface area contributed by atoms with Crippen LogP contribution >= 0.6 is 22.7 Å². The number of esters is 1. The largest absolute Gasteiger partial charge is 0.459 e. The molecule has 2 rings (SSSR count). The van der Waals surface area contributed by atoms with Crippen LogP contribution in [-0.2, 0) is 4.74 Å². The molecule has 0 saturated carbocycles. The molecule has 2 N–H and O–H groups in total. The zero-order chi connectivity index (χ0) is 13.3. The first-order valence-electron chi connectivity index (χ1n) is 5.63. The van der Waals surface area contributed by atoms with Crippen molar-refractivity contribution in [3.05, 3.63) is 28.0 Å². The number of nitrogen functional groups attached to an aromatic ring is 1. The van der Waals surface area contributed by atoms with E-state index in [1.54, 1.807) is 11.3 Å². The lowest BCUT2D eigenvalue weighted by molar-refractivity contribution is 0.0380. The molecule has 18 heavy (non-hydrogen) atoms. The van der Waals surface area contributed by atoms with Crippen LogP contribution in [0.4, 0.5) is 5.00 Å². The van der Waals surface area contributed by atoms with E-state index in [1.165, 1.54) is 11.3 Å². The minimum atomic E-state index is -0.341. The van der Waals surface area contributed by atoms with E-state index in [0.29, 0.717) is 10.6 Å². The lowest BCUT2D eigenvalue weighted by Crippen LogP contribution is -2.13. The molecular weight excluding hydrogens is 266 g/mol. The molecule has 0 atom stereocenters. The maximum absolute atomic E-state index is 12.1.